The lowest BCUT2D eigenvalue weighted by Gasteiger charge is -2.04. The first-order chi connectivity index (χ1) is 10.0. The number of nitrogens with zero attached hydrogens (tertiary/aromatic N) is 2. The molecule has 0 atom stereocenters. The molecule has 0 saturated carbocycles. The number of aryl methyl sites for hydroxylation is 2. The third-order valence-corrected chi connectivity index (χ3v) is 3.56. The first-order valence-electron chi connectivity index (χ1n) is 7.41. The summed E-state index contributed by atoms with van der Waals surface area (Å²) in [5.41, 5.74) is 2.90. The predicted octanol–water partition coefficient (Wildman–Crippen LogP) is 3.86. The van der Waals surface area contributed by atoms with Gasteiger partial charge in [-0.2, -0.15) is 5.10 Å². The van der Waals surface area contributed by atoms with Crippen LogP contribution in [0.15, 0.2) is 30.5 Å². The van der Waals surface area contributed by atoms with Crippen LogP contribution in [0.4, 0.5) is 0 Å². The predicted molar refractivity (Wildman–Crippen MR) is 83.5 cm³/mol. The molecule has 1 aromatic carbocycles. The van der Waals surface area contributed by atoms with Gasteiger partial charge in [-0.1, -0.05) is 45.0 Å². The molecule has 0 unspecified atom stereocenters. The van der Waals surface area contributed by atoms with E-state index in [0.29, 0.717) is 11.6 Å². The molecule has 4 heteroatoms. The Bertz CT molecular complexity index is 612. The Morgan fingerprint density at radius 3 is 2.48 bits per heavy atom. The number of rotatable bonds is 6. The Hall–Kier alpha value is -2.10. The number of hydrogen-bond acceptors (Lipinski definition) is 2. The fraction of sp³-hybridized carbons (Fsp3) is 0.412. The van der Waals surface area contributed by atoms with Gasteiger partial charge in [0.15, 0.2) is 0 Å². The fourth-order valence-electron chi connectivity index (χ4n) is 2.19. The highest BCUT2D eigenvalue weighted by Crippen LogP contribution is 2.23. The number of carboxylic acids is 1. The lowest BCUT2D eigenvalue weighted by atomic mass is 10.1. The summed E-state index contributed by atoms with van der Waals surface area (Å²) in [4.78, 5) is 11.4. The van der Waals surface area contributed by atoms with E-state index in [1.165, 1.54) is 5.56 Å². The van der Waals surface area contributed by atoms with Crippen molar-refractivity contribution in [3.8, 4) is 11.3 Å². The van der Waals surface area contributed by atoms with Crippen molar-refractivity contribution >= 4 is 5.97 Å². The van der Waals surface area contributed by atoms with Crippen LogP contribution >= 0.6 is 0 Å². The van der Waals surface area contributed by atoms with Gasteiger partial charge >= 0.3 is 5.97 Å². The molecule has 0 aliphatic carbocycles. The molecule has 0 bridgehead atoms. The summed E-state index contributed by atoms with van der Waals surface area (Å²) >= 11 is 0. The van der Waals surface area contributed by atoms with E-state index >= 15 is 0 Å². The zero-order valence-corrected chi connectivity index (χ0v) is 12.8. The summed E-state index contributed by atoms with van der Waals surface area (Å²) in [6.07, 6.45) is 3.58. The molecule has 0 radical (unpaired) electrons. The molecule has 4 nitrogen and oxygen atoms in total. The summed E-state index contributed by atoms with van der Waals surface area (Å²) < 4.78 is 1.74. The van der Waals surface area contributed by atoms with Crippen LogP contribution in [0.1, 0.15) is 43.1 Å². The number of carboxylic acid groups (broad SMARTS) is 1. The Labute approximate surface area is 125 Å². The summed E-state index contributed by atoms with van der Waals surface area (Å²) in [5.74, 6) is -0.366. The SMILES string of the molecule is CCc1ccc(-c2nn(CCC(C)C)cc2C(=O)O)cc1. The summed E-state index contributed by atoms with van der Waals surface area (Å²) in [7, 11) is 0. The van der Waals surface area contributed by atoms with E-state index in [1.54, 1.807) is 10.9 Å². The second-order valence-electron chi connectivity index (χ2n) is 5.69. The highest BCUT2D eigenvalue weighted by Gasteiger charge is 2.17. The highest BCUT2D eigenvalue weighted by molar-refractivity contribution is 5.94. The lowest BCUT2D eigenvalue weighted by molar-refractivity contribution is 0.0697. The molecule has 2 aromatic rings. The van der Waals surface area contributed by atoms with Crippen LogP contribution in [0.5, 0.6) is 0 Å². The first kappa shape index (κ1) is 15.3. The Kier molecular flexibility index (Phi) is 4.78. The van der Waals surface area contributed by atoms with Crippen LogP contribution in [0.2, 0.25) is 0 Å². The van der Waals surface area contributed by atoms with E-state index in [2.05, 4.69) is 25.9 Å². The van der Waals surface area contributed by atoms with E-state index in [-0.39, 0.29) is 5.56 Å². The average molecular weight is 286 g/mol. The molecule has 0 amide bonds. The van der Waals surface area contributed by atoms with Crippen LogP contribution in [0.25, 0.3) is 11.3 Å². The van der Waals surface area contributed by atoms with Gasteiger partial charge in [0.25, 0.3) is 0 Å². The molecular formula is C17H22N2O2. The van der Waals surface area contributed by atoms with Gasteiger partial charge in [-0.3, -0.25) is 4.68 Å². The monoisotopic (exact) mass is 286 g/mol. The second-order valence-corrected chi connectivity index (χ2v) is 5.69. The highest BCUT2D eigenvalue weighted by atomic mass is 16.4. The third kappa shape index (κ3) is 3.72. The van der Waals surface area contributed by atoms with Crippen LogP contribution in [-0.4, -0.2) is 20.9 Å². The van der Waals surface area contributed by atoms with Gasteiger partial charge in [-0.05, 0) is 24.3 Å². The van der Waals surface area contributed by atoms with Crippen LogP contribution < -0.4 is 0 Å². The number of carbonyl (C=O) groups is 1. The molecule has 1 aromatic heterocycles. The Morgan fingerprint density at radius 1 is 1.29 bits per heavy atom. The van der Waals surface area contributed by atoms with Gasteiger partial charge in [0.2, 0.25) is 0 Å². The molecule has 1 heterocycles. The summed E-state index contributed by atoms with van der Waals surface area (Å²) in [6, 6.07) is 7.93. The zero-order valence-electron chi connectivity index (χ0n) is 12.8. The van der Waals surface area contributed by atoms with Crippen molar-refractivity contribution in [2.45, 2.75) is 40.2 Å². The van der Waals surface area contributed by atoms with Gasteiger partial charge in [0, 0.05) is 18.3 Å². The lowest BCUT2D eigenvalue weighted by Crippen LogP contribution is -2.02. The third-order valence-electron chi connectivity index (χ3n) is 3.56. The van der Waals surface area contributed by atoms with E-state index < -0.39 is 5.97 Å². The maximum atomic E-state index is 11.4. The summed E-state index contributed by atoms with van der Waals surface area (Å²) in [6.45, 7) is 7.13. The first-order valence-corrected chi connectivity index (χ1v) is 7.41. The smallest absolute Gasteiger partial charge is 0.339 e. The van der Waals surface area contributed by atoms with Crippen molar-refractivity contribution in [3.05, 3.63) is 41.6 Å². The number of hydrogen-bond donors (Lipinski definition) is 1. The Balaban J connectivity index is 2.33. The van der Waals surface area contributed by atoms with Gasteiger partial charge in [-0.25, -0.2) is 4.79 Å². The largest absolute Gasteiger partial charge is 0.478 e. The molecule has 0 aliphatic rings. The minimum absolute atomic E-state index is 0.267. The van der Waals surface area contributed by atoms with E-state index in [0.717, 1.165) is 24.9 Å². The van der Waals surface area contributed by atoms with Crippen LogP contribution in [0.3, 0.4) is 0 Å². The van der Waals surface area contributed by atoms with Gasteiger partial charge in [0.05, 0.1) is 0 Å². The average Bonchev–Trinajstić information content (AvgIpc) is 2.89. The second kappa shape index (κ2) is 6.57. The van der Waals surface area contributed by atoms with Crippen molar-refractivity contribution in [1.29, 1.82) is 0 Å². The molecule has 2 rings (SSSR count). The molecular weight excluding hydrogens is 264 g/mol. The van der Waals surface area contributed by atoms with Crippen LogP contribution in [-0.2, 0) is 13.0 Å². The topological polar surface area (TPSA) is 55.1 Å². The number of benzene rings is 1. The molecule has 0 saturated heterocycles. The standard InChI is InChI=1S/C17H22N2O2/c1-4-13-5-7-14(8-6-13)16-15(17(20)21)11-19(18-16)10-9-12(2)3/h5-8,11-12H,4,9-10H2,1-3H3,(H,20,21). The molecule has 0 aliphatic heterocycles. The minimum Gasteiger partial charge on any atom is -0.478 e. The van der Waals surface area contributed by atoms with Crippen molar-refractivity contribution in [2.75, 3.05) is 0 Å². The van der Waals surface area contributed by atoms with Crippen molar-refractivity contribution in [1.82, 2.24) is 9.78 Å². The molecule has 21 heavy (non-hydrogen) atoms. The van der Waals surface area contributed by atoms with E-state index in [1.807, 2.05) is 24.3 Å². The van der Waals surface area contributed by atoms with E-state index in [4.69, 9.17) is 0 Å². The molecule has 1 N–H and O–H groups in total. The summed E-state index contributed by atoms with van der Waals surface area (Å²) in [5, 5.41) is 13.8. The molecule has 112 valence electrons. The molecule has 0 fully saturated rings. The van der Waals surface area contributed by atoms with Gasteiger partial charge in [-0.15, -0.1) is 0 Å². The van der Waals surface area contributed by atoms with E-state index in [9.17, 15) is 9.90 Å². The number of aromatic nitrogens is 2. The maximum absolute atomic E-state index is 11.4. The van der Waals surface area contributed by atoms with Crippen molar-refractivity contribution in [2.24, 2.45) is 5.92 Å². The van der Waals surface area contributed by atoms with Gasteiger partial charge in [0.1, 0.15) is 11.3 Å². The molecule has 0 spiro atoms. The quantitative estimate of drug-likeness (QED) is 0.877. The number of aromatic carboxylic acids is 1. The Morgan fingerprint density at radius 2 is 1.95 bits per heavy atom. The van der Waals surface area contributed by atoms with Crippen LogP contribution in [0, 0.1) is 5.92 Å². The normalized spacial score (nSPS) is 11.0. The maximum Gasteiger partial charge on any atom is 0.339 e. The fourth-order valence-corrected chi connectivity index (χ4v) is 2.19. The van der Waals surface area contributed by atoms with Crippen molar-refractivity contribution < 1.29 is 9.90 Å². The zero-order chi connectivity index (χ0) is 15.4. The van der Waals surface area contributed by atoms with Gasteiger partial charge < -0.3 is 5.11 Å². The minimum atomic E-state index is -0.930. The van der Waals surface area contributed by atoms with Crippen molar-refractivity contribution in [3.63, 3.8) is 0 Å².